The summed E-state index contributed by atoms with van der Waals surface area (Å²) in [6.07, 6.45) is -10.1. The van der Waals surface area contributed by atoms with Gasteiger partial charge in [0.2, 0.25) is 6.29 Å². The molecule has 0 aromatic heterocycles. The second kappa shape index (κ2) is 10.9. The number of carbonyl (C=O) groups is 2. The minimum atomic E-state index is -1.92. The van der Waals surface area contributed by atoms with E-state index in [-0.39, 0.29) is 23.5 Å². The minimum absolute atomic E-state index is 0.00680. The summed E-state index contributed by atoms with van der Waals surface area (Å²) < 4.78 is 15.6. The number of rotatable bonds is 8. The van der Waals surface area contributed by atoms with E-state index < -0.39 is 54.3 Å². The molecule has 1 fully saturated rings. The zero-order valence-electron chi connectivity index (χ0n) is 17.5. The average molecular weight is 478 g/mol. The lowest BCUT2D eigenvalue weighted by Crippen LogP contribution is -2.61. The number of amides is 1. The summed E-state index contributed by atoms with van der Waals surface area (Å²) in [5.41, 5.74) is 0.475. The Balaban J connectivity index is 1.72. The molecule has 1 aliphatic rings. The van der Waals surface area contributed by atoms with Gasteiger partial charge in [-0.25, -0.2) is 9.59 Å². The molecule has 0 unspecified atom stereocenters. The van der Waals surface area contributed by atoms with Gasteiger partial charge in [-0.15, -0.1) is 0 Å². The van der Waals surface area contributed by atoms with Gasteiger partial charge >= 0.3 is 12.1 Å². The van der Waals surface area contributed by atoms with Crippen LogP contribution in [0.1, 0.15) is 11.1 Å². The van der Waals surface area contributed by atoms with Crippen molar-refractivity contribution in [3.63, 3.8) is 0 Å². The van der Waals surface area contributed by atoms with Gasteiger partial charge in [0, 0.05) is 24.2 Å². The summed E-state index contributed by atoms with van der Waals surface area (Å²) in [6, 6.07) is 12.3. The van der Waals surface area contributed by atoms with Gasteiger partial charge in [0.25, 0.3) is 5.69 Å². The van der Waals surface area contributed by atoms with Crippen LogP contribution in [0.5, 0.6) is 5.75 Å². The monoisotopic (exact) mass is 478 g/mol. The van der Waals surface area contributed by atoms with Gasteiger partial charge in [0.15, 0.2) is 6.10 Å². The Morgan fingerprint density at radius 1 is 1.06 bits per heavy atom. The standard InChI is InChI=1S/C21H22N2O11/c24-15-16(25)18(19(27)28)34-20(17(15)26)33-14-7-6-13(23(30)31)8-12(14)10-32-21(29)22-9-11-4-2-1-3-5-11/h1-8,15-18,20,24-26H,9-10H2,(H,22,29)(H,27,28)/t15-,16-,17+,18-,20+/m0/s1. The van der Waals surface area contributed by atoms with Crippen molar-refractivity contribution in [2.75, 3.05) is 0 Å². The quantitative estimate of drug-likeness (QED) is 0.258. The van der Waals surface area contributed by atoms with Crippen molar-refractivity contribution in [3.8, 4) is 5.75 Å². The Morgan fingerprint density at radius 3 is 2.41 bits per heavy atom. The zero-order chi connectivity index (χ0) is 24.8. The van der Waals surface area contributed by atoms with Gasteiger partial charge in [0.1, 0.15) is 30.7 Å². The number of ether oxygens (including phenoxy) is 3. The molecule has 0 saturated carbocycles. The highest BCUT2D eigenvalue weighted by atomic mass is 16.7. The first-order valence-electron chi connectivity index (χ1n) is 9.98. The highest BCUT2D eigenvalue weighted by Gasteiger charge is 2.48. The summed E-state index contributed by atoms with van der Waals surface area (Å²) >= 11 is 0. The molecule has 5 atom stereocenters. The third-order valence-electron chi connectivity index (χ3n) is 4.95. The topological polar surface area (TPSA) is 198 Å². The lowest BCUT2D eigenvalue weighted by atomic mass is 9.99. The number of carbonyl (C=O) groups excluding carboxylic acids is 1. The number of hydrogen-bond acceptors (Lipinski definition) is 10. The van der Waals surface area contributed by atoms with Crippen molar-refractivity contribution in [1.29, 1.82) is 0 Å². The van der Waals surface area contributed by atoms with Crippen LogP contribution in [0.4, 0.5) is 10.5 Å². The molecule has 0 radical (unpaired) electrons. The smallest absolute Gasteiger partial charge is 0.407 e. The molecule has 13 heteroatoms. The zero-order valence-corrected chi connectivity index (χ0v) is 17.5. The first-order chi connectivity index (χ1) is 16.2. The number of non-ortho nitro benzene ring substituents is 1. The van der Waals surface area contributed by atoms with Crippen LogP contribution < -0.4 is 10.1 Å². The third-order valence-corrected chi connectivity index (χ3v) is 4.95. The predicted octanol–water partition coefficient (Wildman–Crippen LogP) is 0.292. The van der Waals surface area contributed by atoms with Gasteiger partial charge in [-0.2, -0.15) is 0 Å². The minimum Gasteiger partial charge on any atom is -0.479 e. The number of nitrogens with zero attached hydrogens (tertiary/aromatic N) is 1. The molecule has 2 aromatic rings. The van der Waals surface area contributed by atoms with Gasteiger partial charge in [0.05, 0.1) is 4.92 Å². The second-order valence-corrected chi connectivity index (χ2v) is 7.32. The maximum atomic E-state index is 12.1. The van der Waals surface area contributed by atoms with Gasteiger partial charge < -0.3 is 40.0 Å². The van der Waals surface area contributed by atoms with E-state index in [0.29, 0.717) is 0 Å². The van der Waals surface area contributed by atoms with Crippen LogP contribution in [0.25, 0.3) is 0 Å². The number of benzene rings is 2. The molecule has 34 heavy (non-hydrogen) atoms. The molecule has 1 heterocycles. The Kier molecular flexibility index (Phi) is 7.96. The molecule has 182 valence electrons. The number of nitro groups is 1. The number of aliphatic hydroxyl groups excluding tert-OH is 3. The largest absolute Gasteiger partial charge is 0.479 e. The first kappa shape index (κ1) is 24.9. The van der Waals surface area contributed by atoms with Crippen LogP contribution in [0.2, 0.25) is 0 Å². The molecular formula is C21H22N2O11. The van der Waals surface area contributed by atoms with E-state index in [4.69, 9.17) is 19.3 Å². The lowest BCUT2D eigenvalue weighted by molar-refractivity contribution is -0.385. The molecule has 13 nitrogen and oxygen atoms in total. The number of aliphatic carboxylic acids is 1. The maximum absolute atomic E-state index is 12.1. The Labute approximate surface area is 192 Å². The summed E-state index contributed by atoms with van der Waals surface area (Å²) in [4.78, 5) is 33.8. The van der Waals surface area contributed by atoms with Crippen LogP contribution in [0, 0.1) is 10.1 Å². The van der Waals surface area contributed by atoms with Gasteiger partial charge in [-0.1, -0.05) is 30.3 Å². The predicted molar refractivity (Wildman–Crippen MR) is 112 cm³/mol. The number of nitro benzene ring substituents is 1. The van der Waals surface area contributed by atoms with Crippen LogP contribution >= 0.6 is 0 Å². The fourth-order valence-corrected chi connectivity index (χ4v) is 3.15. The summed E-state index contributed by atoms with van der Waals surface area (Å²) in [6.45, 7) is -0.301. The molecule has 1 amide bonds. The van der Waals surface area contributed by atoms with Crippen LogP contribution in [0.15, 0.2) is 48.5 Å². The molecule has 5 N–H and O–H groups in total. The molecule has 1 saturated heterocycles. The van der Waals surface area contributed by atoms with E-state index in [9.17, 15) is 35.0 Å². The number of nitrogens with one attached hydrogen (secondary N) is 1. The highest BCUT2D eigenvalue weighted by molar-refractivity contribution is 5.73. The number of alkyl carbamates (subject to hydrolysis) is 1. The van der Waals surface area contributed by atoms with Gasteiger partial charge in [-0.05, 0) is 11.6 Å². The maximum Gasteiger partial charge on any atom is 0.407 e. The van der Waals surface area contributed by atoms with Crippen molar-refractivity contribution in [1.82, 2.24) is 5.32 Å². The molecule has 3 rings (SSSR count). The van der Waals surface area contributed by atoms with E-state index in [1.54, 1.807) is 24.3 Å². The molecule has 1 aliphatic heterocycles. The number of carboxylic acids is 1. The first-order valence-corrected chi connectivity index (χ1v) is 9.98. The summed E-state index contributed by atoms with van der Waals surface area (Å²) in [5, 5.41) is 52.7. The molecule has 2 aromatic carbocycles. The van der Waals surface area contributed by atoms with Crippen LogP contribution in [-0.2, 0) is 27.4 Å². The molecule has 0 bridgehead atoms. The SMILES string of the molecule is O=C(NCc1ccccc1)OCc1cc([N+](=O)[O-])ccc1O[C@@H]1O[C@H](C(=O)O)[C@@H](O)[C@H](O)[C@H]1O. The lowest BCUT2D eigenvalue weighted by Gasteiger charge is -2.38. The normalized spacial score (nSPS) is 24.1. The van der Waals surface area contributed by atoms with Crippen molar-refractivity contribution in [3.05, 3.63) is 69.8 Å². The van der Waals surface area contributed by atoms with Crippen molar-refractivity contribution in [2.24, 2.45) is 0 Å². The molecule has 0 spiro atoms. The van der Waals surface area contributed by atoms with Crippen molar-refractivity contribution in [2.45, 2.75) is 43.9 Å². The highest BCUT2D eigenvalue weighted by Crippen LogP contribution is 2.29. The van der Waals surface area contributed by atoms with Crippen LogP contribution in [0.3, 0.4) is 0 Å². The van der Waals surface area contributed by atoms with E-state index in [2.05, 4.69) is 5.32 Å². The van der Waals surface area contributed by atoms with Gasteiger partial charge in [-0.3, -0.25) is 10.1 Å². The molecular weight excluding hydrogens is 456 g/mol. The summed E-state index contributed by atoms with van der Waals surface area (Å²) in [7, 11) is 0. The second-order valence-electron chi connectivity index (χ2n) is 7.32. The van der Waals surface area contributed by atoms with E-state index in [1.807, 2.05) is 6.07 Å². The molecule has 0 aliphatic carbocycles. The van der Waals surface area contributed by atoms with E-state index in [0.717, 1.165) is 23.8 Å². The van der Waals surface area contributed by atoms with Crippen LogP contribution in [-0.4, -0.2) is 68.1 Å². The number of aliphatic hydroxyl groups is 3. The van der Waals surface area contributed by atoms with E-state index in [1.165, 1.54) is 0 Å². The average Bonchev–Trinajstić information content (AvgIpc) is 2.82. The fourth-order valence-electron chi connectivity index (χ4n) is 3.15. The summed E-state index contributed by atoms with van der Waals surface area (Å²) in [5.74, 6) is -1.74. The Hall–Kier alpha value is -3.78. The Morgan fingerprint density at radius 2 is 1.76 bits per heavy atom. The number of carboxylic acid groups (broad SMARTS) is 1. The van der Waals surface area contributed by atoms with Crippen molar-refractivity contribution >= 4 is 17.7 Å². The fraction of sp³-hybridized carbons (Fsp3) is 0.333. The Bertz CT molecular complexity index is 1030. The van der Waals surface area contributed by atoms with E-state index >= 15 is 0 Å². The number of hydrogen-bond donors (Lipinski definition) is 5. The third kappa shape index (κ3) is 5.96. The van der Waals surface area contributed by atoms with Crippen molar-refractivity contribution < 1.29 is 49.1 Å².